The molecule has 12 heteroatoms. The van der Waals surface area contributed by atoms with Crippen molar-refractivity contribution in [1.82, 2.24) is 24.5 Å². The van der Waals surface area contributed by atoms with Crippen molar-refractivity contribution in [2.45, 2.75) is 57.2 Å². The maximum atomic E-state index is 14.1. The molecule has 4 aliphatic rings. The largest absolute Gasteiger partial charge is 0.506 e. The first-order valence-electron chi connectivity index (χ1n) is 16.5. The molecule has 4 amide bonds. The van der Waals surface area contributed by atoms with Crippen molar-refractivity contribution in [2.75, 3.05) is 64.7 Å². The minimum Gasteiger partial charge on any atom is -0.506 e. The van der Waals surface area contributed by atoms with Crippen molar-refractivity contribution >= 4 is 55.4 Å². The van der Waals surface area contributed by atoms with Gasteiger partial charge in [-0.15, -0.1) is 0 Å². The highest BCUT2D eigenvalue weighted by atomic mass is 79.9. The second-order valence-corrected chi connectivity index (χ2v) is 14.9. The van der Waals surface area contributed by atoms with Crippen LogP contribution in [0.15, 0.2) is 45.3 Å². The lowest BCUT2D eigenvalue weighted by molar-refractivity contribution is -0.143. The maximum absolute atomic E-state index is 14.1. The standard InChI is InChI=1S/C34H44Br2N6O4/c1-38-10-6-26(7-11-38)39-14-16-41(17-15-39)33(45)25(18-23-19-28(35)32(44)29(36)20-23)21-31(43)40-12-8-27(9-13-40)42-22-24-4-2-3-5-30(24)37-34(42)46/h2-5,19-20,25-27,44H,6-18,21-22H2,1H3,(H,37,46). The van der Waals surface area contributed by atoms with Crippen LogP contribution in [0.25, 0.3) is 0 Å². The third-order valence-electron chi connectivity index (χ3n) is 10.3. The lowest BCUT2D eigenvalue weighted by Gasteiger charge is -2.43. The van der Waals surface area contributed by atoms with Crippen LogP contribution in [0.3, 0.4) is 0 Å². The first-order valence-corrected chi connectivity index (χ1v) is 18.1. The van der Waals surface area contributed by atoms with Gasteiger partial charge in [0.25, 0.3) is 0 Å². The predicted molar refractivity (Wildman–Crippen MR) is 185 cm³/mol. The monoisotopic (exact) mass is 758 g/mol. The predicted octanol–water partition coefficient (Wildman–Crippen LogP) is 4.74. The van der Waals surface area contributed by atoms with Crippen LogP contribution in [0.4, 0.5) is 10.5 Å². The fraction of sp³-hybridized carbons (Fsp3) is 0.559. The highest BCUT2D eigenvalue weighted by Gasteiger charge is 2.36. The lowest BCUT2D eigenvalue weighted by atomic mass is 9.92. The average Bonchev–Trinajstić information content (AvgIpc) is 3.06. The summed E-state index contributed by atoms with van der Waals surface area (Å²) >= 11 is 6.84. The van der Waals surface area contributed by atoms with E-state index in [4.69, 9.17) is 0 Å². The Hall–Kier alpha value is -2.67. The number of nitrogens with zero attached hydrogens (tertiary/aromatic N) is 5. The number of hydrogen-bond acceptors (Lipinski definition) is 6. The van der Waals surface area contributed by atoms with Crippen LogP contribution < -0.4 is 5.32 Å². The zero-order valence-electron chi connectivity index (χ0n) is 26.5. The number of aromatic hydroxyl groups is 1. The van der Waals surface area contributed by atoms with E-state index in [1.54, 1.807) is 0 Å². The Bertz CT molecular complexity index is 1410. The summed E-state index contributed by atoms with van der Waals surface area (Å²) < 4.78 is 1.10. The van der Waals surface area contributed by atoms with Gasteiger partial charge in [-0.2, -0.15) is 0 Å². The van der Waals surface area contributed by atoms with Gasteiger partial charge in [-0.25, -0.2) is 4.79 Å². The SMILES string of the molecule is CN1CCC(N2CCN(C(=O)C(CC(=O)N3CCC(N4Cc5ccccc5NC4=O)CC3)Cc3cc(Br)c(O)c(Br)c3)CC2)CC1. The van der Waals surface area contributed by atoms with Gasteiger partial charge in [0.15, 0.2) is 0 Å². The van der Waals surface area contributed by atoms with Gasteiger partial charge >= 0.3 is 6.03 Å². The first kappa shape index (κ1) is 33.2. The van der Waals surface area contributed by atoms with Crippen LogP contribution in [-0.2, 0) is 22.6 Å². The summed E-state index contributed by atoms with van der Waals surface area (Å²) in [6, 6.07) is 12.1. The summed E-state index contributed by atoms with van der Waals surface area (Å²) in [4.78, 5) is 51.3. The van der Waals surface area contributed by atoms with Gasteiger partial charge in [-0.05, 0) is 113 Å². The van der Waals surface area contributed by atoms with E-state index in [1.165, 1.54) is 12.8 Å². The number of halogens is 2. The topological polar surface area (TPSA) is 99.7 Å². The van der Waals surface area contributed by atoms with E-state index >= 15 is 0 Å². The number of likely N-dealkylation sites (tertiary alicyclic amines) is 2. The van der Waals surface area contributed by atoms with Crippen molar-refractivity contribution in [2.24, 2.45) is 5.92 Å². The van der Waals surface area contributed by atoms with Crippen LogP contribution in [0, 0.1) is 5.92 Å². The molecule has 10 nitrogen and oxygen atoms in total. The smallest absolute Gasteiger partial charge is 0.322 e. The minimum absolute atomic E-state index is 0.0212. The van der Waals surface area contributed by atoms with Crippen LogP contribution in [0.1, 0.15) is 43.2 Å². The first-order chi connectivity index (χ1) is 22.2. The van der Waals surface area contributed by atoms with E-state index in [9.17, 15) is 19.5 Å². The van der Waals surface area contributed by atoms with E-state index in [2.05, 4.69) is 54.0 Å². The molecule has 1 atom stereocenters. The summed E-state index contributed by atoms with van der Waals surface area (Å²) in [5.74, 6) is -0.392. The molecular weight excluding hydrogens is 716 g/mol. The summed E-state index contributed by atoms with van der Waals surface area (Å²) in [6.45, 7) is 6.97. The number of amides is 4. The number of urea groups is 1. The van der Waals surface area contributed by atoms with Crippen molar-refractivity contribution in [3.63, 3.8) is 0 Å². The zero-order valence-corrected chi connectivity index (χ0v) is 29.6. The number of benzene rings is 2. The minimum atomic E-state index is -0.507. The number of anilines is 1. The van der Waals surface area contributed by atoms with E-state index in [1.807, 2.05) is 51.1 Å². The molecule has 1 unspecified atom stereocenters. The Morgan fingerprint density at radius 1 is 0.891 bits per heavy atom. The van der Waals surface area contributed by atoms with E-state index in [0.717, 1.165) is 43.0 Å². The molecule has 0 aliphatic carbocycles. The fourth-order valence-corrected chi connectivity index (χ4v) is 8.76. The highest BCUT2D eigenvalue weighted by molar-refractivity contribution is 9.11. The number of carbonyl (C=O) groups is 3. The number of fused-ring (bicyclic) bond motifs is 1. The molecule has 0 radical (unpaired) electrons. The summed E-state index contributed by atoms with van der Waals surface area (Å²) in [6.07, 6.45) is 4.28. The van der Waals surface area contributed by atoms with Crippen molar-refractivity contribution in [3.05, 3.63) is 56.5 Å². The van der Waals surface area contributed by atoms with Crippen LogP contribution in [0.5, 0.6) is 5.75 Å². The number of phenols is 1. The highest BCUT2D eigenvalue weighted by Crippen LogP contribution is 2.35. The number of phenolic OH excluding ortho intramolecular Hbond substituents is 1. The van der Waals surface area contributed by atoms with Crippen LogP contribution in [-0.4, -0.2) is 119 Å². The van der Waals surface area contributed by atoms with Gasteiger partial charge in [0.05, 0.1) is 14.9 Å². The Morgan fingerprint density at radius 2 is 1.52 bits per heavy atom. The molecule has 0 saturated carbocycles. The number of carbonyl (C=O) groups excluding carboxylic acids is 3. The molecule has 2 N–H and O–H groups in total. The van der Waals surface area contributed by atoms with Gasteiger partial charge in [0.1, 0.15) is 5.75 Å². The van der Waals surface area contributed by atoms with Gasteiger partial charge < -0.3 is 30.0 Å². The number of para-hydroxylation sites is 1. The van der Waals surface area contributed by atoms with Crippen molar-refractivity contribution in [3.8, 4) is 5.75 Å². The maximum Gasteiger partial charge on any atom is 0.322 e. The number of piperidine rings is 2. The summed E-state index contributed by atoms with van der Waals surface area (Å²) in [5.41, 5.74) is 2.84. The van der Waals surface area contributed by atoms with Gasteiger partial charge in [0, 0.05) is 70.0 Å². The molecule has 2 aromatic carbocycles. The fourth-order valence-electron chi connectivity index (χ4n) is 7.48. The Morgan fingerprint density at radius 3 is 2.20 bits per heavy atom. The molecule has 4 heterocycles. The molecular formula is C34H44Br2N6O4. The van der Waals surface area contributed by atoms with Crippen molar-refractivity contribution in [1.29, 1.82) is 0 Å². The second-order valence-electron chi connectivity index (χ2n) is 13.2. The molecule has 2 aromatic rings. The van der Waals surface area contributed by atoms with E-state index < -0.39 is 5.92 Å². The molecule has 248 valence electrons. The molecule has 0 spiro atoms. The summed E-state index contributed by atoms with van der Waals surface area (Å²) in [5, 5.41) is 13.3. The van der Waals surface area contributed by atoms with E-state index in [0.29, 0.717) is 67.0 Å². The Labute approximate surface area is 288 Å². The quantitative estimate of drug-likeness (QED) is 0.424. The Kier molecular flexibility index (Phi) is 10.6. The number of piperazine rings is 1. The van der Waals surface area contributed by atoms with Crippen molar-refractivity contribution < 1.29 is 19.5 Å². The Balaban J connectivity index is 1.09. The second kappa shape index (κ2) is 14.6. The van der Waals surface area contributed by atoms with Crippen LogP contribution >= 0.6 is 31.9 Å². The zero-order chi connectivity index (χ0) is 32.4. The molecule has 3 saturated heterocycles. The normalized spacial score (nSPS) is 21.2. The van der Waals surface area contributed by atoms with Crippen LogP contribution in [0.2, 0.25) is 0 Å². The number of hydrogen-bond donors (Lipinski definition) is 2. The third kappa shape index (κ3) is 7.55. The molecule has 3 fully saturated rings. The number of rotatable bonds is 7. The molecule has 46 heavy (non-hydrogen) atoms. The molecule has 6 rings (SSSR count). The van der Waals surface area contributed by atoms with E-state index in [-0.39, 0.29) is 36.1 Å². The lowest BCUT2D eigenvalue weighted by Crippen LogP contribution is -2.55. The average molecular weight is 761 g/mol. The molecule has 0 bridgehead atoms. The number of nitrogens with one attached hydrogen (secondary N) is 1. The van der Waals surface area contributed by atoms with Gasteiger partial charge in [0.2, 0.25) is 11.8 Å². The molecule has 4 aliphatic heterocycles. The van der Waals surface area contributed by atoms with Gasteiger partial charge in [-0.1, -0.05) is 18.2 Å². The molecule has 0 aromatic heterocycles. The third-order valence-corrected chi connectivity index (χ3v) is 11.5. The summed E-state index contributed by atoms with van der Waals surface area (Å²) in [7, 11) is 2.17. The van der Waals surface area contributed by atoms with Gasteiger partial charge in [-0.3, -0.25) is 14.5 Å².